The molecule has 0 N–H and O–H groups in total. The van der Waals surface area contributed by atoms with E-state index in [1.807, 2.05) is 0 Å². The zero-order valence-electron chi connectivity index (χ0n) is 8.96. The van der Waals surface area contributed by atoms with Crippen molar-refractivity contribution < 1.29 is 0 Å². The molecule has 2 heteroatoms. The predicted octanol–water partition coefficient (Wildman–Crippen LogP) is 2.91. The maximum Gasteiger partial charge on any atom is 0.0806 e. The molecule has 1 aromatic rings. The fourth-order valence-corrected chi connectivity index (χ4v) is 4.09. The average Bonchev–Trinajstić information content (AvgIpc) is 2.19. The van der Waals surface area contributed by atoms with Crippen molar-refractivity contribution in [2.24, 2.45) is 0 Å². The van der Waals surface area contributed by atoms with Crippen LogP contribution in [0.1, 0.15) is 12.8 Å². The fourth-order valence-electron chi connectivity index (χ4n) is 1.64. The summed E-state index contributed by atoms with van der Waals surface area (Å²) in [6.45, 7) is 4.75. The second-order valence-corrected chi connectivity index (χ2v) is 9.11. The largest absolute Gasteiger partial charge is 0.198 e. The highest BCUT2D eigenvalue weighted by molar-refractivity contribution is 6.89. The molecule has 0 radical (unpaired) electrons. The van der Waals surface area contributed by atoms with Gasteiger partial charge in [0.2, 0.25) is 0 Å². The van der Waals surface area contributed by atoms with Crippen molar-refractivity contribution >= 4 is 13.3 Å². The van der Waals surface area contributed by atoms with Gasteiger partial charge in [-0.25, -0.2) is 0 Å². The lowest BCUT2D eigenvalue weighted by Gasteiger charge is -2.22. The predicted molar refractivity (Wildman–Crippen MR) is 63.2 cm³/mol. The second-order valence-electron chi connectivity index (χ2n) is 4.26. The van der Waals surface area contributed by atoms with Crippen molar-refractivity contribution in [1.82, 2.24) is 0 Å². The van der Waals surface area contributed by atoms with Gasteiger partial charge in [0.25, 0.3) is 0 Å². The van der Waals surface area contributed by atoms with E-state index in [0.717, 1.165) is 6.42 Å². The highest BCUT2D eigenvalue weighted by Crippen LogP contribution is 2.13. The van der Waals surface area contributed by atoms with Crippen LogP contribution in [0.2, 0.25) is 19.1 Å². The molecule has 0 aliphatic rings. The standard InChI is InChI=1S/C12H17NSi/c1-14(2,11-7-6-10-13)12-8-4-3-5-9-12/h3-5,8-9H,6-7,11H2,1-2H3. The Balaban J connectivity index is 2.62. The summed E-state index contributed by atoms with van der Waals surface area (Å²) >= 11 is 0. The van der Waals surface area contributed by atoms with Gasteiger partial charge in [-0.1, -0.05) is 54.7 Å². The van der Waals surface area contributed by atoms with E-state index in [9.17, 15) is 0 Å². The third-order valence-corrected chi connectivity index (χ3v) is 6.15. The Morgan fingerprint density at radius 3 is 2.43 bits per heavy atom. The molecule has 0 atom stereocenters. The third-order valence-electron chi connectivity index (χ3n) is 2.65. The van der Waals surface area contributed by atoms with Gasteiger partial charge >= 0.3 is 0 Å². The average molecular weight is 203 g/mol. The highest BCUT2D eigenvalue weighted by Gasteiger charge is 2.21. The highest BCUT2D eigenvalue weighted by atomic mass is 28.3. The minimum atomic E-state index is -1.27. The molecule has 1 aromatic carbocycles. The topological polar surface area (TPSA) is 23.8 Å². The fraction of sp³-hybridized carbons (Fsp3) is 0.417. The summed E-state index contributed by atoms with van der Waals surface area (Å²) in [6.07, 6.45) is 1.74. The number of unbranched alkanes of at least 4 members (excludes halogenated alkanes) is 1. The molecule has 1 rings (SSSR count). The van der Waals surface area contributed by atoms with E-state index in [0.29, 0.717) is 6.42 Å². The molecule has 1 nitrogen and oxygen atoms in total. The molecule has 0 saturated heterocycles. The maximum absolute atomic E-state index is 8.50. The molecule has 0 fully saturated rings. The first-order valence-corrected chi connectivity index (χ1v) is 8.30. The smallest absolute Gasteiger partial charge is 0.0806 e. The molecule has 0 saturated carbocycles. The normalized spacial score (nSPS) is 10.9. The molecule has 0 bridgehead atoms. The van der Waals surface area contributed by atoms with E-state index in [2.05, 4.69) is 49.5 Å². The quantitative estimate of drug-likeness (QED) is 0.545. The summed E-state index contributed by atoms with van der Waals surface area (Å²) in [5, 5.41) is 10.00. The van der Waals surface area contributed by atoms with Crippen molar-refractivity contribution in [3.8, 4) is 6.07 Å². The van der Waals surface area contributed by atoms with Gasteiger partial charge in [-0.15, -0.1) is 0 Å². The van der Waals surface area contributed by atoms with Crippen molar-refractivity contribution in [3.63, 3.8) is 0 Å². The van der Waals surface area contributed by atoms with E-state index >= 15 is 0 Å². The SMILES string of the molecule is C[Si](C)(CCCC#N)c1ccccc1. The molecule has 0 heterocycles. The lowest BCUT2D eigenvalue weighted by atomic mass is 10.4. The Kier molecular flexibility index (Phi) is 3.91. The van der Waals surface area contributed by atoms with Crippen molar-refractivity contribution in [2.45, 2.75) is 32.0 Å². The van der Waals surface area contributed by atoms with Crippen molar-refractivity contribution in [3.05, 3.63) is 30.3 Å². The van der Waals surface area contributed by atoms with Crippen LogP contribution in [0.15, 0.2) is 30.3 Å². The van der Waals surface area contributed by atoms with Crippen LogP contribution < -0.4 is 5.19 Å². The Hall–Kier alpha value is -1.07. The van der Waals surface area contributed by atoms with Crippen LogP contribution >= 0.6 is 0 Å². The van der Waals surface area contributed by atoms with E-state index in [1.165, 1.54) is 11.2 Å². The first-order chi connectivity index (χ1) is 6.67. The van der Waals surface area contributed by atoms with Gasteiger partial charge < -0.3 is 0 Å². The van der Waals surface area contributed by atoms with Crippen LogP contribution in [0, 0.1) is 11.3 Å². The number of nitrogens with zero attached hydrogens (tertiary/aromatic N) is 1. The van der Waals surface area contributed by atoms with Crippen LogP contribution in [-0.4, -0.2) is 8.07 Å². The first kappa shape index (κ1) is 11.0. The minimum absolute atomic E-state index is 0.698. The molecule has 14 heavy (non-hydrogen) atoms. The van der Waals surface area contributed by atoms with E-state index < -0.39 is 8.07 Å². The van der Waals surface area contributed by atoms with Gasteiger partial charge in [-0.05, 0) is 6.42 Å². The van der Waals surface area contributed by atoms with E-state index in [4.69, 9.17) is 5.26 Å². The van der Waals surface area contributed by atoms with Gasteiger partial charge in [0.05, 0.1) is 14.1 Å². The Morgan fingerprint density at radius 2 is 1.86 bits per heavy atom. The molecular weight excluding hydrogens is 186 g/mol. The maximum atomic E-state index is 8.50. The summed E-state index contributed by atoms with van der Waals surface area (Å²) < 4.78 is 0. The Morgan fingerprint density at radius 1 is 1.21 bits per heavy atom. The number of nitriles is 1. The van der Waals surface area contributed by atoms with Gasteiger partial charge in [0.15, 0.2) is 0 Å². The first-order valence-electron chi connectivity index (χ1n) is 5.09. The third kappa shape index (κ3) is 3.01. The summed E-state index contributed by atoms with van der Waals surface area (Å²) in [5.41, 5.74) is 0. The monoisotopic (exact) mass is 203 g/mol. The van der Waals surface area contributed by atoms with E-state index in [1.54, 1.807) is 0 Å². The minimum Gasteiger partial charge on any atom is -0.198 e. The van der Waals surface area contributed by atoms with Crippen LogP contribution in [-0.2, 0) is 0 Å². The molecule has 0 amide bonds. The lowest BCUT2D eigenvalue weighted by molar-refractivity contribution is 0.947. The molecule has 0 unspecified atom stereocenters. The Labute approximate surface area is 87.4 Å². The number of rotatable bonds is 4. The van der Waals surface area contributed by atoms with Gasteiger partial charge in [-0.2, -0.15) is 5.26 Å². The molecular formula is C12H17NSi. The molecule has 74 valence electrons. The Bertz CT molecular complexity index is 311. The summed E-state index contributed by atoms with van der Waals surface area (Å²) in [5.74, 6) is 0. The molecule has 0 aliphatic heterocycles. The van der Waals surface area contributed by atoms with E-state index in [-0.39, 0.29) is 0 Å². The number of hydrogen-bond donors (Lipinski definition) is 0. The van der Waals surface area contributed by atoms with Crippen LogP contribution in [0.3, 0.4) is 0 Å². The molecule has 0 aromatic heterocycles. The van der Waals surface area contributed by atoms with Crippen LogP contribution in [0.25, 0.3) is 0 Å². The van der Waals surface area contributed by atoms with Gasteiger partial charge in [0.1, 0.15) is 0 Å². The van der Waals surface area contributed by atoms with Gasteiger partial charge in [0, 0.05) is 6.42 Å². The zero-order valence-corrected chi connectivity index (χ0v) is 9.96. The summed E-state index contributed by atoms with van der Waals surface area (Å²) in [6, 6.07) is 14.1. The second kappa shape index (κ2) is 4.97. The summed E-state index contributed by atoms with van der Waals surface area (Å²) in [7, 11) is -1.27. The number of hydrogen-bond acceptors (Lipinski definition) is 1. The summed E-state index contributed by atoms with van der Waals surface area (Å²) in [4.78, 5) is 0. The molecule has 0 spiro atoms. The van der Waals surface area contributed by atoms with Gasteiger partial charge in [-0.3, -0.25) is 0 Å². The van der Waals surface area contributed by atoms with Crippen LogP contribution in [0.5, 0.6) is 0 Å². The number of benzene rings is 1. The van der Waals surface area contributed by atoms with Crippen molar-refractivity contribution in [2.75, 3.05) is 0 Å². The lowest BCUT2D eigenvalue weighted by Crippen LogP contribution is -2.40. The molecule has 0 aliphatic carbocycles. The zero-order chi connectivity index (χ0) is 10.4. The van der Waals surface area contributed by atoms with Crippen molar-refractivity contribution in [1.29, 1.82) is 5.26 Å². The van der Waals surface area contributed by atoms with Crippen LogP contribution in [0.4, 0.5) is 0 Å².